The van der Waals surface area contributed by atoms with Gasteiger partial charge in [-0.05, 0) is 78.4 Å². The Morgan fingerprint density at radius 3 is 2.44 bits per heavy atom. The quantitative estimate of drug-likeness (QED) is 0.0329. The van der Waals surface area contributed by atoms with Crippen molar-refractivity contribution in [2.45, 2.75) is 56.2 Å². The van der Waals surface area contributed by atoms with Gasteiger partial charge in [-0.3, -0.25) is 14.5 Å². The molecule has 0 saturated carbocycles. The highest BCUT2D eigenvalue weighted by Crippen LogP contribution is 2.45. The van der Waals surface area contributed by atoms with Crippen molar-refractivity contribution < 1.29 is 33.3 Å². The number of Topliss-reactive ketones (excluding diaryl/α,β-unsaturated/α-hetero) is 1. The van der Waals surface area contributed by atoms with Gasteiger partial charge in [0.05, 0.1) is 31.9 Å². The lowest BCUT2D eigenvalue weighted by atomic mass is 9.95. The van der Waals surface area contributed by atoms with Gasteiger partial charge in [-0.15, -0.1) is 10.2 Å². The standard InChI is InChI=1S/C36H38FN3O6S2/c1-5-6-18-45-27-14-9-24(10-15-27)32(41)30-31(25-11-16-28(29(20-25)44-4)46-19-17-22(2)3)40(34(43)33(30)42)35-38-39-36(48-35)47-21-23-7-12-26(37)13-8-23/h7-16,20,22,31,41H,5-6,17-19,21H2,1-4H3/b32-30+. The van der Waals surface area contributed by atoms with Crippen molar-refractivity contribution in [1.82, 2.24) is 10.2 Å². The summed E-state index contributed by atoms with van der Waals surface area (Å²) in [4.78, 5) is 28.7. The number of rotatable bonds is 15. The number of unbranched alkanes of at least 4 members (excludes halogenated alkanes) is 1. The third-order valence-electron chi connectivity index (χ3n) is 7.67. The van der Waals surface area contributed by atoms with Gasteiger partial charge >= 0.3 is 5.91 Å². The molecule has 1 unspecified atom stereocenters. The van der Waals surface area contributed by atoms with Gasteiger partial charge in [0.25, 0.3) is 5.78 Å². The van der Waals surface area contributed by atoms with Crippen LogP contribution >= 0.6 is 23.1 Å². The van der Waals surface area contributed by atoms with Gasteiger partial charge in [-0.25, -0.2) is 4.39 Å². The summed E-state index contributed by atoms with van der Waals surface area (Å²) in [5.74, 6) is 0.192. The highest BCUT2D eigenvalue weighted by atomic mass is 32.2. The first-order valence-electron chi connectivity index (χ1n) is 15.8. The first-order chi connectivity index (χ1) is 23.2. The molecule has 9 nitrogen and oxygen atoms in total. The SMILES string of the molecule is CCCCOc1ccc(/C(O)=C2\C(=O)C(=O)N(c3nnc(SCc4ccc(F)cc4)s3)C2c2ccc(OCCC(C)C)c(OC)c2)cc1. The average molecular weight is 692 g/mol. The Kier molecular flexibility index (Phi) is 11.7. The van der Waals surface area contributed by atoms with E-state index in [1.165, 1.54) is 35.9 Å². The molecular weight excluding hydrogens is 654 g/mol. The first kappa shape index (κ1) is 34.9. The van der Waals surface area contributed by atoms with Crippen LogP contribution in [0.3, 0.4) is 0 Å². The molecule has 0 spiro atoms. The molecular formula is C36H38FN3O6S2. The molecule has 1 aliphatic heterocycles. The lowest BCUT2D eigenvalue weighted by Crippen LogP contribution is -2.29. The van der Waals surface area contributed by atoms with Crippen molar-refractivity contribution in [3.63, 3.8) is 0 Å². The van der Waals surface area contributed by atoms with E-state index in [4.69, 9.17) is 14.2 Å². The number of benzene rings is 3. The van der Waals surface area contributed by atoms with Crippen LogP contribution in [0.2, 0.25) is 0 Å². The van der Waals surface area contributed by atoms with E-state index in [-0.39, 0.29) is 22.3 Å². The Labute approximate surface area is 287 Å². The number of ether oxygens (including phenoxy) is 3. The molecule has 4 aromatic rings. The summed E-state index contributed by atoms with van der Waals surface area (Å²) in [6.45, 7) is 7.36. The predicted molar refractivity (Wildman–Crippen MR) is 185 cm³/mol. The number of aliphatic hydroxyl groups is 1. The zero-order valence-corrected chi connectivity index (χ0v) is 28.9. The average Bonchev–Trinajstić information content (AvgIpc) is 3.66. The fraction of sp³-hybridized carbons (Fsp3) is 0.333. The number of aromatic nitrogens is 2. The lowest BCUT2D eigenvalue weighted by molar-refractivity contribution is -0.132. The number of carbonyl (C=O) groups excluding carboxylic acids is 2. The molecule has 1 amide bonds. The van der Waals surface area contributed by atoms with Gasteiger partial charge in [-0.1, -0.05) is 68.5 Å². The predicted octanol–water partition coefficient (Wildman–Crippen LogP) is 8.21. The fourth-order valence-corrected chi connectivity index (χ4v) is 6.83. The molecule has 1 N–H and O–H groups in total. The zero-order valence-electron chi connectivity index (χ0n) is 27.3. The molecule has 0 radical (unpaired) electrons. The molecule has 1 saturated heterocycles. The van der Waals surface area contributed by atoms with Crippen LogP contribution in [0.25, 0.3) is 5.76 Å². The van der Waals surface area contributed by atoms with Gasteiger partial charge in [0.15, 0.2) is 15.8 Å². The van der Waals surface area contributed by atoms with Crippen molar-refractivity contribution in [3.05, 3.63) is 94.8 Å². The van der Waals surface area contributed by atoms with Crippen LogP contribution in [-0.4, -0.2) is 47.3 Å². The van der Waals surface area contributed by atoms with Crippen LogP contribution < -0.4 is 19.1 Å². The zero-order chi connectivity index (χ0) is 34.2. The Balaban J connectivity index is 1.52. The minimum Gasteiger partial charge on any atom is -0.507 e. The Morgan fingerprint density at radius 1 is 1.00 bits per heavy atom. The maximum atomic E-state index is 13.7. The van der Waals surface area contributed by atoms with Crippen LogP contribution in [0, 0.1) is 11.7 Å². The van der Waals surface area contributed by atoms with E-state index >= 15 is 0 Å². The molecule has 2 heterocycles. The number of methoxy groups -OCH3 is 1. The second-order valence-corrected chi connectivity index (χ2v) is 13.8. The van der Waals surface area contributed by atoms with E-state index in [0.29, 0.717) is 57.6 Å². The number of nitrogens with zero attached hydrogens (tertiary/aromatic N) is 3. The maximum Gasteiger partial charge on any atom is 0.301 e. The minimum absolute atomic E-state index is 0.0918. The summed E-state index contributed by atoms with van der Waals surface area (Å²) in [7, 11) is 1.52. The number of ketones is 1. The Hall–Kier alpha value is -4.42. The van der Waals surface area contributed by atoms with E-state index in [0.717, 1.165) is 36.2 Å². The molecule has 1 fully saturated rings. The number of anilines is 1. The van der Waals surface area contributed by atoms with Gasteiger partial charge < -0.3 is 19.3 Å². The molecule has 12 heteroatoms. The van der Waals surface area contributed by atoms with E-state index in [2.05, 4.69) is 31.0 Å². The summed E-state index contributed by atoms with van der Waals surface area (Å²) in [5.41, 5.74) is 1.67. The molecule has 48 heavy (non-hydrogen) atoms. The van der Waals surface area contributed by atoms with Gasteiger partial charge in [0.2, 0.25) is 5.13 Å². The number of hydrogen-bond donors (Lipinski definition) is 1. The first-order valence-corrected chi connectivity index (χ1v) is 17.6. The topological polar surface area (TPSA) is 111 Å². The molecule has 0 aliphatic carbocycles. The molecule has 1 aliphatic rings. The molecule has 1 atom stereocenters. The van der Waals surface area contributed by atoms with Gasteiger partial charge in [0, 0.05) is 11.3 Å². The Bertz CT molecular complexity index is 1760. The lowest BCUT2D eigenvalue weighted by Gasteiger charge is -2.23. The molecule has 252 valence electrons. The van der Waals surface area contributed by atoms with Crippen molar-refractivity contribution in [1.29, 1.82) is 0 Å². The number of hydrogen-bond acceptors (Lipinski definition) is 10. The number of amides is 1. The summed E-state index contributed by atoms with van der Waals surface area (Å²) in [5, 5.41) is 20.3. The summed E-state index contributed by atoms with van der Waals surface area (Å²) in [6, 6.07) is 17.1. The van der Waals surface area contributed by atoms with Crippen molar-refractivity contribution in [2.75, 3.05) is 25.2 Å². The van der Waals surface area contributed by atoms with Crippen LogP contribution in [0.1, 0.15) is 62.8 Å². The maximum absolute atomic E-state index is 13.7. The minimum atomic E-state index is -1.04. The molecule has 3 aromatic carbocycles. The third kappa shape index (κ3) is 8.16. The van der Waals surface area contributed by atoms with Crippen molar-refractivity contribution >= 4 is 45.7 Å². The second kappa shape index (κ2) is 16.1. The van der Waals surface area contributed by atoms with Crippen LogP contribution in [0.5, 0.6) is 17.2 Å². The normalized spacial score (nSPS) is 15.7. The Morgan fingerprint density at radius 2 is 1.75 bits per heavy atom. The number of aliphatic hydroxyl groups excluding tert-OH is 1. The van der Waals surface area contributed by atoms with E-state index in [9.17, 15) is 19.1 Å². The number of carbonyl (C=O) groups is 2. The van der Waals surface area contributed by atoms with Gasteiger partial charge in [-0.2, -0.15) is 0 Å². The fourth-order valence-electron chi connectivity index (χ4n) is 5.01. The molecule has 5 rings (SSSR count). The highest BCUT2D eigenvalue weighted by Gasteiger charge is 2.48. The third-order valence-corrected chi connectivity index (χ3v) is 9.80. The molecule has 1 aromatic heterocycles. The second-order valence-electron chi connectivity index (χ2n) is 11.6. The molecule has 0 bridgehead atoms. The van der Waals surface area contributed by atoms with E-state index < -0.39 is 17.7 Å². The van der Waals surface area contributed by atoms with E-state index in [1.807, 2.05) is 0 Å². The summed E-state index contributed by atoms with van der Waals surface area (Å²) >= 11 is 2.52. The smallest absolute Gasteiger partial charge is 0.301 e. The van der Waals surface area contributed by atoms with Crippen molar-refractivity contribution in [3.8, 4) is 17.2 Å². The summed E-state index contributed by atoms with van der Waals surface area (Å²) < 4.78 is 31.3. The number of thioether (sulfide) groups is 1. The van der Waals surface area contributed by atoms with E-state index in [1.54, 1.807) is 54.6 Å². The summed E-state index contributed by atoms with van der Waals surface area (Å²) in [6.07, 6.45) is 2.76. The van der Waals surface area contributed by atoms with Crippen LogP contribution in [-0.2, 0) is 15.3 Å². The monoisotopic (exact) mass is 691 g/mol. The highest BCUT2D eigenvalue weighted by molar-refractivity contribution is 8.00. The van der Waals surface area contributed by atoms with Gasteiger partial charge in [0.1, 0.15) is 17.3 Å². The largest absolute Gasteiger partial charge is 0.507 e. The van der Waals surface area contributed by atoms with Crippen LogP contribution in [0.15, 0.2) is 76.6 Å². The number of halogens is 1. The van der Waals surface area contributed by atoms with Crippen molar-refractivity contribution in [2.24, 2.45) is 5.92 Å². The van der Waals surface area contributed by atoms with Crippen LogP contribution in [0.4, 0.5) is 9.52 Å².